The summed E-state index contributed by atoms with van der Waals surface area (Å²) < 4.78 is 0. The molecule has 1 unspecified atom stereocenters. The molecule has 2 nitrogen and oxygen atoms in total. The van der Waals surface area contributed by atoms with Crippen LogP contribution in [0.25, 0.3) is 0 Å². The van der Waals surface area contributed by atoms with E-state index in [2.05, 4.69) is 45.0 Å². The maximum Gasteiger partial charge on any atom is 0.00637 e. The molecule has 0 heterocycles. The first kappa shape index (κ1) is 14.9. The second-order valence-corrected chi connectivity index (χ2v) is 4.93. The molecule has 0 radical (unpaired) electrons. The van der Waals surface area contributed by atoms with Crippen LogP contribution in [-0.2, 0) is 0 Å². The summed E-state index contributed by atoms with van der Waals surface area (Å²) in [6.07, 6.45) is 5.22. The minimum atomic E-state index is 0.627. The zero-order valence-corrected chi connectivity index (χ0v) is 11.3. The quantitative estimate of drug-likeness (QED) is 0.594. The van der Waals surface area contributed by atoms with Crippen molar-refractivity contribution in [1.29, 1.82) is 0 Å². The molecule has 0 aromatic heterocycles. The third-order valence-corrected chi connectivity index (χ3v) is 2.95. The van der Waals surface area contributed by atoms with E-state index in [9.17, 15) is 0 Å². The van der Waals surface area contributed by atoms with Gasteiger partial charge in [-0.2, -0.15) is 0 Å². The van der Waals surface area contributed by atoms with Crippen LogP contribution < -0.4 is 5.32 Å². The molecule has 1 atom stereocenters. The maximum atomic E-state index is 3.46. The Morgan fingerprint density at radius 2 is 1.80 bits per heavy atom. The molecule has 0 aromatic rings. The fourth-order valence-corrected chi connectivity index (χ4v) is 1.74. The Balaban J connectivity index is 3.34. The summed E-state index contributed by atoms with van der Waals surface area (Å²) in [6.45, 7) is 11.4. The van der Waals surface area contributed by atoms with Crippen LogP contribution in [0, 0.1) is 0 Å². The van der Waals surface area contributed by atoms with Crippen molar-refractivity contribution >= 4 is 0 Å². The van der Waals surface area contributed by atoms with Crippen LogP contribution in [0.3, 0.4) is 0 Å². The molecule has 0 saturated carbocycles. The monoisotopic (exact) mass is 214 g/mol. The molecular weight excluding hydrogens is 184 g/mol. The van der Waals surface area contributed by atoms with Crippen LogP contribution in [0.15, 0.2) is 0 Å². The van der Waals surface area contributed by atoms with Gasteiger partial charge in [0, 0.05) is 12.1 Å². The molecular formula is C13H30N2. The Bertz CT molecular complexity index is 134. The van der Waals surface area contributed by atoms with Gasteiger partial charge >= 0.3 is 0 Å². The first-order valence-corrected chi connectivity index (χ1v) is 6.51. The van der Waals surface area contributed by atoms with E-state index in [-0.39, 0.29) is 0 Å². The Kier molecular flexibility index (Phi) is 9.12. The van der Waals surface area contributed by atoms with Crippen molar-refractivity contribution in [1.82, 2.24) is 10.2 Å². The Morgan fingerprint density at radius 1 is 1.13 bits per heavy atom. The standard InChI is InChI=1S/C13H30N2/c1-6-9-13(4)15(5)11-8-7-10-14-12(2)3/h12-14H,6-11H2,1-5H3. The lowest BCUT2D eigenvalue weighted by Crippen LogP contribution is -2.30. The van der Waals surface area contributed by atoms with Gasteiger partial charge in [-0.3, -0.25) is 0 Å². The van der Waals surface area contributed by atoms with Crippen molar-refractivity contribution in [2.24, 2.45) is 0 Å². The van der Waals surface area contributed by atoms with E-state index >= 15 is 0 Å². The summed E-state index contributed by atoms with van der Waals surface area (Å²) in [5.41, 5.74) is 0. The van der Waals surface area contributed by atoms with E-state index in [1.165, 1.54) is 32.2 Å². The van der Waals surface area contributed by atoms with Crippen LogP contribution >= 0.6 is 0 Å². The zero-order valence-electron chi connectivity index (χ0n) is 11.3. The maximum absolute atomic E-state index is 3.46. The molecule has 15 heavy (non-hydrogen) atoms. The molecule has 0 aliphatic heterocycles. The minimum Gasteiger partial charge on any atom is -0.315 e. The molecule has 0 saturated heterocycles. The van der Waals surface area contributed by atoms with Crippen LogP contribution in [-0.4, -0.2) is 37.1 Å². The normalized spacial score (nSPS) is 13.8. The lowest BCUT2D eigenvalue weighted by molar-refractivity contribution is 0.240. The van der Waals surface area contributed by atoms with Crippen LogP contribution in [0.2, 0.25) is 0 Å². The number of nitrogens with one attached hydrogen (secondary N) is 1. The second kappa shape index (κ2) is 9.17. The first-order chi connectivity index (χ1) is 7.07. The van der Waals surface area contributed by atoms with E-state index < -0.39 is 0 Å². The van der Waals surface area contributed by atoms with Crippen LogP contribution in [0.1, 0.15) is 53.4 Å². The Hall–Kier alpha value is -0.0800. The topological polar surface area (TPSA) is 15.3 Å². The lowest BCUT2D eigenvalue weighted by Gasteiger charge is -2.24. The lowest BCUT2D eigenvalue weighted by atomic mass is 10.1. The molecule has 0 aliphatic rings. The zero-order chi connectivity index (χ0) is 11.7. The highest BCUT2D eigenvalue weighted by Crippen LogP contribution is 2.04. The predicted octanol–water partition coefficient (Wildman–Crippen LogP) is 2.89. The fourth-order valence-electron chi connectivity index (χ4n) is 1.74. The fraction of sp³-hybridized carbons (Fsp3) is 1.00. The molecule has 0 aliphatic carbocycles. The van der Waals surface area contributed by atoms with Gasteiger partial charge in [0.2, 0.25) is 0 Å². The highest BCUT2D eigenvalue weighted by molar-refractivity contribution is 4.63. The molecule has 0 amide bonds. The molecule has 1 N–H and O–H groups in total. The summed E-state index contributed by atoms with van der Waals surface area (Å²) in [7, 11) is 2.25. The van der Waals surface area contributed by atoms with Gasteiger partial charge in [0.05, 0.1) is 0 Å². The molecule has 0 aromatic carbocycles. The van der Waals surface area contributed by atoms with Crippen LogP contribution in [0.4, 0.5) is 0 Å². The van der Waals surface area contributed by atoms with Crippen molar-refractivity contribution in [3.8, 4) is 0 Å². The molecule has 0 spiro atoms. The molecule has 0 bridgehead atoms. The van der Waals surface area contributed by atoms with Crippen molar-refractivity contribution < 1.29 is 0 Å². The van der Waals surface area contributed by atoms with Gasteiger partial charge in [-0.25, -0.2) is 0 Å². The molecule has 0 rings (SSSR count). The van der Waals surface area contributed by atoms with Crippen molar-refractivity contribution in [2.75, 3.05) is 20.1 Å². The second-order valence-electron chi connectivity index (χ2n) is 4.93. The van der Waals surface area contributed by atoms with Crippen molar-refractivity contribution in [3.05, 3.63) is 0 Å². The molecule has 0 fully saturated rings. The van der Waals surface area contributed by atoms with Gasteiger partial charge in [-0.05, 0) is 46.3 Å². The van der Waals surface area contributed by atoms with Gasteiger partial charge in [-0.15, -0.1) is 0 Å². The minimum absolute atomic E-state index is 0.627. The number of hydrogen-bond donors (Lipinski definition) is 1. The van der Waals surface area contributed by atoms with E-state index in [0.717, 1.165) is 12.6 Å². The summed E-state index contributed by atoms with van der Waals surface area (Å²) in [5.74, 6) is 0. The summed E-state index contributed by atoms with van der Waals surface area (Å²) in [6, 6.07) is 1.37. The average Bonchev–Trinajstić information content (AvgIpc) is 2.16. The highest BCUT2D eigenvalue weighted by atomic mass is 15.1. The number of rotatable bonds is 9. The molecule has 92 valence electrons. The third-order valence-electron chi connectivity index (χ3n) is 2.95. The smallest absolute Gasteiger partial charge is 0.00637 e. The largest absolute Gasteiger partial charge is 0.315 e. The van der Waals surface area contributed by atoms with E-state index in [0.29, 0.717) is 6.04 Å². The summed E-state index contributed by atoms with van der Waals surface area (Å²) >= 11 is 0. The Labute approximate surface area is 96.4 Å². The van der Waals surface area contributed by atoms with E-state index in [1.54, 1.807) is 0 Å². The summed E-state index contributed by atoms with van der Waals surface area (Å²) in [5, 5.41) is 3.46. The van der Waals surface area contributed by atoms with Gasteiger partial charge in [-0.1, -0.05) is 27.2 Å². The third kappa shape index (κ3) is 8.88. The van der Waals surface area contributed by atoms with Crippen LogP contribution in [0.5, 0.6) is 0 Å². The highest BCUT2D eigenvalue weighted by Gasteiger charge is 2.06. The SMILES string of the molecule is CCCC(C)N(C)CCCCNC(C)C. The number of unbranched alkanes of at least 4 members (excludes halogenated alkanes) is 1. The Morgan fingerprint density at radius 3 is 2.33 bits per heavy atom. The van der Waals surface area contributed by atoms with Gasteiger partial charge in [0.15, 0.2) is 0 Å². The van der Waals surface area contributed by atoms with E-state index in [1.807, 2.05) is 0 Å². The van der Waals surface area contributed by atoms with Gasteiger partial charge < -0.3 is 10.2 Å². The van der Waals surface area contributed by atoms with Gasteiger partial charge in [0.1, 0.15) is 0 Å². The summed E-state index contributed by atoms with van der Waals surface area (Å²) in [4.78, 5) is 2.48. The number of hydrogen-bond acceptors (Lipinski definition) is 2. The first-order valence-electron chi connectivity index (χ1n) is 6.51. The molecule has 2 heteroatoms. The van der Waals surface area contributed by atoms with Gasteiger partial charge in [0.25, 0.3) is 0 Å². The van der Waals surface area contributed by atoms with Crippen molar-refractivity contribution in [2.45, 2.75) is 65.5 Å². The predicted molar refractivity (Wildman–Crippen MR) is 69.4 cm³/mol. The number of nitrogens with zero attached hydrogens (tertiary/aromatic N) is 1. The average molecular weight is 214 g/mol. The van der Waals surface area contributed by atoms with Crippen molar-refractivity contribution in [3.63, 3.8) is 0 Å². The van der Waals surface area contributed by atoms with E-state index in [4.69, 9.17) is 0 Å².